The number of fused-ring (bicyclic) bond motifs is 3. The van der Waals surface area contributed by atoms with Crippen LogP contribution in [0.15, 0.2) is 54.6 Å². The molecule has 2 aromatic rings. The van der Waals surface area contributed by atoms with Crippen molar-refractivity contribution in [1.82, 2.24) is 0 Å². The van der Waals surface area contributed by atoms with Crippen LogP contribution in [0, 0.1) is 16.4 Å². The van der Waals surface area contributed by atoms with Crippen molar-refractivity contribution < 1.29 is 0 Å². The number of halogens is 1. The number of benzene rings is 2. The first-order valence-corrected chi connectivity index (χ1v) is 8.60. The fourth-order valence-corrected chi connectivity index (χ4v) is 4.32. The molecule has 3 atom stereocenters. The Morgan fingerprint density at radius 3 is 2.81 bits per heavy atom. The summed E-state index contributed by atoms with van der Waals surface area (Å²) in [5, 5.41) is 3.81. The molecule has 2 aromatic carbocycles. The maximum Gasteiger partial charge on any atom is 0.0556 e. The molecule has 1 nitrogen and oxygen atoms in total. The topological polar surface area (TPSA) is 12.0 Å². The molecule has 0 spiro atoms. The highest BCUT2D eigenvalue weighted by molar-refractivity contribution is 14.1. The molecule has 0 amide bonds. The average molecular weight is 387 g/mol. The maximum absolute atomic E-state index is 3.81. The summed E-state index contributed by atoms with van der Waals surface area (Å²) >= 11 is 2.41. The van der Waals surface area contributed by atoms with Crippen molar-refractivity contribution in [2.45, 2.75) is 25.3 Å². The van der Waals surface area contributed by atoms with Gasteiger partial charge in [0.25, 0.3) is 0 Å². The third-order valence-electron chi connectivity index (χ3n) is 4.85. The van der Waals surface area contributed by atoms with Crippen molar-refractivity contribution in [2.75, 3.05) is 5.32 Å². The van der Waals surface area contributed by atoms with E-state index in [0.29, 0.717) is 17.9 Å². The van der Waals surface area contributed by atoms with E-state index in [0.717, 1.165) is 0 Å². The summed E-state index contributed by atoms with van der Waals surface area (Å²) in [4.78, 5) is 0. The summed E-state index contributed by atoms with van der Waals surface area (Å²) in [6, 6.07) is 16.0. The van der Waals surface area contributed by atoms with Gasteiger partial charge < -0.3 is 5.32 Å². The Bertz CT molecular complexity index is 719. The van der Waals surface area contributed by atoms with Crippen LogP contribution in [0.5, 0.6) is 0 Å². The molecule has 0 radical (unpaired) electrons. The van der Waals surface area contributed by atoms with Crippen LogP contribution in [0.4, 0.5) is 5.69 Å². The highest BCUT2D eigenvalue weighted by atomic mass is 127. The molecule has 0 saturated heterocycles. The van der Waals surface area contributed by atoms with Gasteiger partial charge in [-0.3, -0.25) is 0 Å². The normalized spacial score (nSPS) is 26.1. The van der Waals surface area contributed by atoms with Crippen LogP contribution in [0.1, 0.15) is 35.1 Å². The van der Waals surface area contributed by atoms with Gasteiger partial charge in [-0.05, 0) is 76.7 Å². The lowest BCUT2D eigenvalue weighted by atomic mass is 9.76. The number of hydrogen-bond donors (Lipinski definition) is 1. The SMILES string of the molecule is Cc1ccccc1C1Nc2ccc(I)cc2C2C=CCC21. The molecule has 21 heavy (non-hydrogen) atoms. The van der Waals surface area contributed by atoms with E-state index in [4.69, 9.17) is 0 Å². The summed E-state index contributed by atoms with van der Waals surface area (Å²) in [6.45, 7) is 2.22. The molecule has 0 bridgehead atoms. The molecule has 3 unspecified atom stereocenters. The maximum atomic E-state index is 3.81. The zero-order chi connectivity index (χ0) is 14.4. The second kappa shape index (κ2) is 5.16. The van der Waals surface area contributed by atoms with Crippen LogP contribution in [-0.4, -0.2) is 0 Å². The van der Waals surface area contributed by atoms with Gasteiger partial charge in [0.2, 0.25) is 0 Å². The summed E-state index contributed by atoms with van der Waals surface area (Å²) in [7, 11) is 0. The Morgan fingerprint density at radius 2 is 1.95 bits per heavy atom. The molecule has 2 aliphatic rings. The van der Waals surface area contributed by atoms with E-state index in [9.17, 15) is 0 Å². The van der Waals surface area contributed by atoms with Gasteiger partial charge in [0, 0.05) is 15.2 Å². The third-order valence-corrected chi connectivity index (χ3v) is 5.52. The predicted molar refractivity (Wildman–Crippen MR) is 96.7 cm³/mol. The fraction of sp³-hybridized carbons (Fsp3) is 0.263. The van der Waals surface area contributed by atoms with Crippen LogP contribution < -0.4 is 5.32 Å². The van der Waals surface area contributed by atoms with Gasteiger partial charge in [0.15, 0.2) is 0 Å². The van der Waals surface area contributed by atoms with Gasteiger partial charge in [-0.15, -0.1) is 0 Å². The molecule has 0 aromatic heterocycles. The molecule has 1 aliphatic carbocycles. The molecule has 106 valence electrons. The summed E-state index contributed by atoms with van der Waals surface area (Å²) in [5.41, 5.74) is 5.59. The van der Waals surface area contributed by atoms with Crippen LogP contribution >= 0.6 is 22.6 Å². The largest absolute Gasteiger partial charge is 0.378 e. The van der Waals surface area contributed by atoms with Gasteiger partial charge in [0.05, 0.1) is 6.04 Å². The van der Waals surface area contributed by atoms with Gasteiger partial charge >= 0.3 is 0 Å². The molecular formula is C19H18IN. The van der Waals surface area contributed by atoms with E-state index in [1.54, 1.807) is 0 Å². The highest BCUT2D eigenvalue weighted by Crippen LogP contribution is 2.50. The van der Waals surface area contributed by atoms with Crippen molar-refractivity contribution in [2.24, 2.45) is 5.92 Å². The van der Waals surface area contributed by atoms with Crippen molar-refractivity contribution in [3.8, 4) is 0 Å². The number of nitrogens with one attached hydrogen (secondary N) is 1. The van der Waals surface area contributed by atoms with Crippen LogP contribution in [0.25, 0.3) is 0 Å². The quantitative estimate of drug-likeness (QED) is 0.509. The Kier molecular flexibility index (Phi) is 3.29. The number of allylic oxidation sites excluding steroid dienone is 2. The van der Waals surface area contributed by atoms with Gasteiger partial charge in [0.1, 0.15) is 0 Å². The number of rotatable bonds is 1. The highest BCUT2D eigenvalue weighted by Gasteiger charge is 2.38. The van der Waals surface area contributed by atoms with E-state index in [2.05, 4.69) is 89.4 Å². The first-order valence-electron chi connectivity index (χ1n) is 7.52. The summed E-state index contributed by atoms with van der Waals surface area (Å²) in [5.74, 6) is 1.19. The number of aryl methyl sites for hydroxylation is 1. The minimum Gasteiger partial charge on any atom is -0.378 e. The molecule has 0 saturated carbocycles. The summed E-state index contributed by atoms with van der Waals surface area (Å²) in [6.07, 6.45) is 5.94. The predicted octanol–water partition coefficient (Wildman–Crippen LogP) is 5.43. The first-order chi connectivity index (χ1) is 10.2. The Labute approximate surface area is 139 Å². The molecule has 1 N–H and O–H groups in total. The lowest BCUT2D eigenvalue weighted by Gasteiger charge is -2.38. The Hall–Kier alpha value is -1.29. The summed E-state index contributed by atoms with van der Waals surface area (Å²) < 4.78 is 1.32. The average Bonchev–Trinajstić information content (AvgIpc) is 2.97. The molecule has 1 aliphatic heterocycles. The minimum absolute atomic E-state index is 0.416. The van der Waals surface area contributed by atoms with Crippen LogP contribution in [-0.2, 0) is 0 Å². The van der Waals surface area contributed by atoms with E-state index in [1.165, 1.54) is 32.4 Å². The zero-order valence-electron chi connectivity index (χ0n) is 12.0. The Balaban J connectivity index is 1.82. The van der Waals surface area contributed by atoms with Gasteiger partial charge in [-0.2, -0.15) is 0 Å². The van der Waals surface area contributed by atoms with Crippen molar-refractivity contribution >= 4 is 28.3 Å². The van der Waals surface area contributed by atoms with Crippen LogP contribution in [0.3, 0.4) is 0 Å². The van der Waals surface area contributed by atoms with Gasteiger partial charge in [-0.25, -0.2) is 0 Å². The molecule has 1 heterocycles. The monoisotopic (exact) mass is 387 g/mol. The number of anilines is 1. The Morgan fingerprint density at radius 1 is 1.10 bits per heavy atom. The lowest BCUT2D eigenvalue weighted by Crippen LogP contribution is -2.29. The molecular weight excluding hydrogens is 369 g/mol. The first kappa shape index (κ1) is 13.4. The van der Waals surface area contributed by atoms with Crippen molar-refractivity contribution in [3.05, 3.63) is 74.9 Å². The second-order valence-electron chi connectivity index (χ2n) is 6.06. The van der Waals surface area contributed by atoms with E-state index >= 15 is 0 Å². The lowest BCUT2D eigenvalue weighted by molar-refractivity contribution is 0.424. The van der Waals surface area contributed by atoms with Crippen molar-refractivity contribution in [1.29, 1.82) is 0 Å². The minimum atomic E-state index is 0.416. The van der Waals surface area contributed by atoms with Crippen LogP contribution in [0.2, 0.25) is 0 Å². The zero-order valence-corrected chi connectivity index (χ0v) is 14.2. The molecule has 4 rings (SSSR count). The standard InChI is InChI=1S/C19H18IN/c1-12-5-2-3-6-14(12)19-16-8-4-7-15(16)17-11-13(20)9-10-18(17)21-19/h2-7,9-11,15-16,19,21H,8H2,1H3. The second-order valence-corrected chi connectivity index (χ2v) is 7.31. The number of hydrogen-bond acceptors (Lipinski definition) is 1. The van der Waals surface area contributed by atoms with E-state index < -0.39 is 0 Å². The van der Waals surface area contributed by atoms with E-state index in [1.807, 2.05) is 0 Å². The fourth-order valence-electron chi connectivity index (χ4n) is 3.81. The van der Waals surface area contributed by atoms with Gasteiger partial charge in [-0.1, -0.05) is 36.4 Å². The van der Waals surface area contributed by atoms with Crippen molar-refractivity contribution in [3.63, 3.8) is 0 Å². The smallest absolute Gasteiger partial charge is 0.0556 e. The third kappa shape index (κ3) is 2.20. The molecule has 0 fully saturated rings. The molecule has 2 heteroatoms. The van der Waals surface area contributed by atoms with E-state index in [-0.39, 0.29) is 0 Å².